The maximum Gasteiger partial charge on any atom is 0.322 e. The molecular formula is C8H18N2O5. The van der Waals surface area contributed by atoms with Gasteiger partial charge in [0.15, 0.2) is 0 Å². The van der Waals surface area contributed by atoms with Crippen molar-refractivity contribution in [2.24, 2.45) is 5.73 Å². The molecule has 0 aliphatic rings. The monoisotopic (exact) mass is 222 g/mol. The number of likely N-dealkylation sites (N-methyl/N-ethyl adjacent to an activating group) is 1. The van der Waals surface area contributed by atoms with Gasteiger partial charge in [-0.3, -0.25) is 14.5 Å². The van der Waals surface area contributed by atoms with Crippen molar-refractivity contribution in [3.05, 3.63) is 0 Å². The van der Waals surface area contributed by atoms with Gasteiger partial charge in [0.1, 0.15) is 12.1 Å². The summed E-state index contributed by atoms with van der Waals surface area (Å²) >= 11 is 0. The average molecular weight is 222 g/mol. The van der Waals surface area contributed by atoms with Crippen LogP contribution in [0.25, 0.3) is 0 Å². The Balaban J connectivity index is 0. The number of aliphatic hydroxyl groups is 1. The third kappa shape index (κ3) is 9.13. The molecule has 0 aromatic rings. The second kappa shape index (κ2) is 8.16. The van der Waals surface area contributed by atoms with E-state index in [1.54, 1.807) is 25.9 Å². The van der Waals surface area contributed by atoms with Gasteiger partial charge in [0.25, 0.3) is 0 Å². The van der Waals surface area contributed by atoms with Gasteiger partial charge in [0, 0.05) is 0 Å². The quantitative estimate of drug-likeness (QED) is 0.452. The fraction of sp³-hybridized carbons (Fsp3) is 0.750. The summed E-state index contributed by atoms with van der Waals surface area (Å²) in [4.78, 5) is 21.4. The van der Waals surface area contributed by atoms with Gasteiger partial charge in [0.2, 0.25) is 0 Å². The van der Waals surface area contributed by atoms with Crippen LogP contribution in [0, 0.1) is 0 Å². The van der Waals surface area contributed by atoms with Crippen LogP contribution < -0.4 is 5.73 Å². The lowest BCUT2D eigenvalue weighted by atomic mass is 10.3. The van der Waals surface area contributed by atoms with Gasteiger partial charge in [-0.05, 0) is 21.0 Å². The highest BCUT2D eigenvalue weighted by Crippen LogP contribution is 1.88. The number of nitrogens with two attached hydrogens (primary N) is 1. The fourth-order valence-corrected chi connectivity index (χ4v) is 0.299. The van der Waals surface area contributed by atoms with Crippen LogP contribution in [0.5, 0.6) is 0 Å². The Morgan fingerprint density at radius 3 is 1.67 bits per heavy atom. The highest BCUT2D eigenvalue weighted by molar-refractivity contribution is 5.73. The molecule has 15 heavy (non-hydrogen) atoms. The number of hydrogen-bond acceptors (Lipinski definition) is 5. The summed E-state index contributed by atoms with van der Waals surface area (Å²) in [5, 5.41) is 24.2. The van der Waals surface area contributed by atoms with Crippen LogP contribution in [0.3, 0.4) is 0 Å². The molecule has 0 aromatic heterocycles. The van der Waals surface area contributed by atoms with E-state index in [0.29, 0.717) is 0 Å². The van der Waals surface area contributed by atoms with Crippen LogP contribution in [0.15, 0.2) is 0 Å². The first-order valence-corrected chi connectivity index (χ1v) is 4.22. The summed E-state index contributed by atoms with van der Waals surface area (Å²) in [5.41, 5.74) is 4.77. The van der Waals surface area contributed by atoms with Gasteiger partial charge in [-0.15, -0.1) is 0 Å². The molecular weight excluding hydrogens is 204 g/mol. The minimum atomic E-state index is -1.18. The van der Waals surface area contributed by atoms with Crippen molar-refractivity contribution in [2.45, 2.75) is 19.0 Å². The van der Waals surface area contributed by atoms with Gasteiger partial charge in [-0.2, -0.15) is 0 Å². The summed E-state index contributed by atoms with van der Waals surface area (Å²) in [5.74, 6) is -1.96. The summed E-state index contributed by atoms with van der Waals surface area (Å²) in [7, 11) is 3.47. The van der Waals surface area contributed by atoms with Crippen LogP contribution in [0.1, 0.15) is 6.92 Å². The Morgan fingerprint density at radius 1 is 1.27 bits per heavy atom. The van der Waals surface area contributed by atoms with Crippen LogP contribution in [-0.4, -0.2) is 64.9 Å². The van der Waals surface area contributed by atoms with Crippen molar-refractivity contribution in [2.75, 3.05) is 20.7 Å². The molecule has 0 aliphatic carbocycles. The first kappa shape index (κ1) is 16.3. The number of aliphatic hydroxyl groups excluding tert-OH is 1. The van der Waals surface area contributed by atoms with E-state index in [2.05, 4.69) is 0 Å². The SMILES string of the molecule is CC(C(=O)O)N(C)C.NC(CO)C(=O)O. The average Bonchev–Trinajstić information content (AvgIpc) is 2.15. The minimum absolute atomic E-state index is 0.380. The molecule has 2 unspecified atom stereocenters. The summed E-state index contributed by atoms with van der Waals surface area (Å²) in [6.07, 6.45) is 0. The van der Waals surface area contributed by atoms with E-state index in [-0.39, 0.29) is 6.04 Å². The number of carbonyl (C=O) groups is 2. The normalized spacial score (nSPS) is 13.7. The fourth-order valence-electron chi connectivity index (χ4n) is 0.299. The smallest absolute Gasteiger partial charge is 0.322 e. The van der Waals surface area contributed by atoms with Gasteiger partial charge in [-0.25, -0.2) is 0 Å². The van der Waals surface area contributed by atoms with E-state index in [1.807, 2.05) is 0 Å². The number of rotatable bonds is 4. The Morgan fingerprint density at radius 2 is 1.67 bits per heavy atom. The third-order valence-corrected chi connectivity index (χ3v) is 1.65. The highest BCUT2D eigenvalue weighted by Gasteiger charge is 2.11. The number of carboxylic acid groups (broad SMARTS) is 2. The van der Waals surface area contributed by atoms with Crippen LogP contribution in [0.4, 0.5) is 0 Å². The second-order valence-corrected chi connectivity index (χ2v) is 3.11. The Hall–Kier alpha value is -1.18. The van der Waals surface area contributed by atoms with E-state index >= 15 is 0 Å². The zero-order valence-corrected chi connectivity index (χ0v) is 9.04. The molecule has 90 valence electrons. The zero-order chi connectivity index (χ0) is 12.6. The second-order valence-electron chi connectivity index (χ2n) is 3.11. The van der Waals surface area contributed by atoms with E-state index in [9.17, 15) is 9.59 Å². The van der Waals surface area contributed by atoms with E-state index < -0.39 is 24.6 Å². The van der Waals surface area contributed by atoms with Crippen molar-refractivity contribution in [1.82, 2.24) is 4.90 Å². The first-order valence-electron chi connectivity index (χ1n) is 4.22. The van der Waals surface area contributed by atoms with Crippen molar-refractivity contribution >= 4 is 11.9 Å². The maximum atomic E-state index is 10.1. The van der Waals surface area contributed by atoms with E-state index in [0.717, 1.165) is 0 Å². The Labute approximate surface area is 88.1 Å². The molecule has 0 rings (SSSR count). The number of aliphatic carboxylic acids is 2. The predicted octanol–water partition coefficient (Wildman–Crippen LogP) is -1.59. The first-order chi connectivity index (χ1) is 6.73. The van der Waals surface area contributed by atoms with Crippen molar-refractivity contribution in [3.8, 4) is 0 Å². The number of hydrogen-bond donors (Lipinski definition) is 4. The molecule has 7 heteroatoms. The van der Waals surface area contributed by atoms with Crippen LogP contribution in [-0.2, 0) is 9.59 Å². The molecule has 0 bridgehead atoms. The molecule has 0 aromatic carbocycles. The lowest BCUT2D eigenvalue weighted by molar-refractivity contribution is -0.141. The number of carboxylic acids is 2. The van der Waals surface area contributed by atoms with Crippen LogP contribution in [0.2, 0.25) is 0 Å². The molecule has 0 saturated heterocycles. The minimum Gasteiger partial charge on any atom is -0.480 e. The lowest BCUT2D eigenvalue weighted by Crippen LogP contribution is -2.33. The van der Waals surface area contributed by atoms with Gasteiger partial charge in [0.05, 0.1) is 6.61 Å². The highest BCUT2D eigenvalue weighted by atomic mass is 16.4. The zero-order valence-electron chi connectivity index (χ0n) is 9.04. The lowest BCUT2D eigenvalue weighted by Gasteiger charge is -2.13. The van der Waals surface area contributed by atoms with Crippen molar-refractivity contribution in [3.63, 3.8) is 0 Å². The third-order valence-electron chi connectivity index (χ3n) is 1.65. The number of nitrogens with zero attached hydrogens (tertiary/aromatic N) is 1. The van der Waals surface area contributed by atoms with E-state index in [1.165, 1.54) is 0 Å². The largest absolute Gasteiger partial charge is 0.480 e. The Kier molecular flexibility index (Phi) is 8.84. The van der Waals surface area contributed by atoms with Gasteiger partial charge in [-0.1, -0.05) is 0 Å². The van der Waals surface area contributed by atoms with Crippen molar-refractivity contribution < 1.29 is 24.9 Å². The molecule has 0 spiro atoms. The molecule has 0 amide bonds. The van der Waals surface area contributed by atoms with Crippen molar-refractivity contribution in [1.29, 1.82) is 0 Å². The summed E-state index contributed by atoms with van der Waals surface area (Å²) in [6.45, 7) is 1.14. The molecule has 0 radical (unpaired) electrons. The standard InChI is InChI=1S/C5H11NO2.C3H7NO3/c1-4(5(7)8)6(2)3;4-2(1-5)3(6)7/h4H,1-3H3,(H,7,8);2,5H,1,4H2,(H,6,7). The van der Waals surface area contributed by atoms with Crippen LogP contribution >= 0.6 is 0 Å². The predicted molar refractivity (Wildman–Crippen MR) is 53.5 cm³/mol. The van der Waals surface area contributed by atoms with Gasteiger partial charge < -0.3 is 21.1 Å². The summed E-state index contributed by atoms with van der Waals surface area (Å²) < 4.78 is 0. The maximum absolute atomic E-state index is 10.1. The molecule has 0 aliphatic heterocycles. The summed E-state index contributed by atoms with van der Waals surface area (Å²) in [6, 6.07) is -1.50. The molecule has 2 atom stereocenters. The molecule has 7 nitrogen and oxygen atoms in total. The molecule has 0 saturated carbocycles. The molecule has 0 fully saturated rings. The van der Waals surface area contributed by atoms with Gasteiger partial charge >= 0.3 is 11.9 Å². The molecule has 0 heterocycles. The molecule has 5 N–H and O–H groups in total. The van der Waals surface area contributed by atoms with E-state index in [4.69, 9.17) is 21.1 Å². The topological polar surface area (TPSA) is 124 Å². The Bertz CT molecular complexity index is 207.